The maximum atomic E-state index is 12.1. The molecule has 0 unspecified atom stereocenters. The van der Waals surface area contributed by atoms with Gasteiger partial charge in [0.25, 0.3) is 0 Å². The van der Waals surface area contributed by atoms with Crippen LogP contribution in [0.3, 0.4) is 0 Å². The van der Waals surface area contributed by atoms with E-state index in [-0.39, 0.29) is 48.3 Å². The van der Waals surface area contributed by atoms with Gasteiger partial charge in [-0.1, -0.05) is 30.3 Å². The fraction of sp³-hybridized carbons (Fsp3) is 0. The van der Waals surface area contributed by atoms with E-state index in [1.54, 1.807) is 30.3 Å². The van der Waals surface area contributed by atoms with Crippen LogP contribution in [0.5, 0.6) is 5.75 Å². The number of hydrogen-bond donors (Lipinski definition) is 0. The van der Waals surface area contributed by atoms with Crippen LogP contribution in [0.4, 0.5) is 5.69 Å². The first-order valence-corrected chi connectivity index (χ1v) is 7.25. The summed E-state index contributed by atoms with van der Waals surface area (Å²) >= 11 is 0. The molecule has 0 atom stereocenters. The summed E-state index contributed by atoms with van der Waals surface area (Å²) < 4.78 is 28.0. The van der Waals surface area contributed by atoms with Crippen molar-refractivity contribution in [3.05, 3.63) is 70.9 Å². The van der Waals surface area contributed by atoms with Crippen LogP contribution >= 0.6 is 0 Å². The molecule has 0 bridgehead atoms. The van der Waals surface area contributed by atoms with Crippen LogP contribution < -0.4 is 42.6 Å². The second-order valence-electron chi connectivity index (χ2n) is 4.19. The van der Waals surface area contributed by atoms with Crippen molar-refractivity contribution >= 4 is 21.4 Å². The third-order valence-corrected chi connectivity index (χ3v) is 4.12. The van der Waals surface area contributed by atoms with Crippen LogP contribution in [0.2, 0.25) is 0 Å². The molecule has 8 heteroatoms. The molecule has 102 valence electrons. The first-order valence-electron chi connectivity index (χ1n) is 5.81. The minimum Gasteiger partial charge on any atom is -0.573 e. The molecule has 3 rings (SSSR count). The molecule has 1 heterocycles. The average Bonchev–Trinajstić information content (AvgIpc) is 2.80. The molecule has 0 spiro atoms. The Morgan fingerprint density at radius 3 is 2.41 bits per heavy atom. The molecule has 2 aromatic carbocycles. The number of fused-ring (bicyclic) bond motifs is 1. The largest absolute Gasteiger partial charge is 1.00 e. The topological polar surface area (TPSA) is 71.6 Å². The Bertz CT molecular complexity index is 780. The second-order valence-corrected chi connectivity index (χ2v) is 5.79. The molecule has 0 saturated heterocycles. The minimum atomic E-state index is -3.73. The van der Waals surface area contributed by atoms with E-state index >= 15 is 0 Å². The molecule has 22 heavy (non-hydrogen) atoms. The SMILES string of the molecule is C=C1[N-]Oc2cc([N-]S(=O)(=O)c3ccccc3)ccc21.[Li+].[Li+]. The summed E-state index contributed by atoms with van der Waals surface area (Å²) in [6.45, 7) is 3.71. The van der Waals surface area contributed by atoms with Crippen molar-refractivity contribution < 1.29 is 51.0 Å². The fourth-order valence-corrected chi connectivity index (χ4v) is 2.82. The number of rotatable bonds is 3. The Morgan fingerprint density at radius 2 is 1.73 bits per heavy atom. The van der Waals surface area contributed by atoms with Crippen LogP contribution in [0.1, 0.15) is 5.56 Å². The predicted octanol–water partition coefficient (Wildman–Crippen LogP) is -2.26. The van der Waals surface area contributed by atoms with E-state index in [4.69, 9.17) is 4.84 Å². The van der Waals surface area contributed by atoms with Crippen LogP contribution in [-0.2, 0) is 10.0 Å². The van der Waals surface area contributed by atoms with E-state index in [0.29, 0.717) is 11.4 Å². The van der Waals surface area contributed by atoms with Crippen molar-refractivity contribution in [3.8, 4) is 5.75 Å². The Morgan fingerprint density at radius 1 is 1.05 bits per heavy atom. The molecule has 1 aliphatic rings. The Labute approximate surface area is 153 Å². The Hall–Kier alpha value is -1.28. The van der Waals surface area contributed by atoms with Crippen molar-refractivity contribution in [3.63, 3.8) is 0 Å². The minimum absolute atomic E-state index is 0. The summed E-state index contributed by atoms with van der Waals surface area (Å²) in [5.41, 5.74) is 5.25. The van der Waals surface area contributed by atoms with Crippen LogP contribution in [-0.4, -0.2) is 8.42 Å². The first-order chi connectivity index (χ1) is 9.56. The number of sulfonamides is 1. The van der Waals surface area contributed by atoms with Gasteiger partial charge in [-0.2, -0.15) is 0 Å². The maximum absolute atomic E-state index is 12.1. The van der Waals surface area contributed by atoms with Gasteiger partial charge in [0, 0.05) is 5.56 Å². The number of nitrogens with zero attached hydrogens (tertiary/aromatic N) is 2. The van der Waals surface area contributed by atoms with Gasteiger partial charge in [0.1, 0.15) is 15.8 Å². The van der Waals surface area contributed by atoms with Crippen molar-refractivity contribution in [1.29, 1.82) is 0 Å². The molecule has 1 aliphatic heterocycles. The zero-order chi connectivity index (χ0) is 14.2. The standard InChI is InChI=1S/C14H10N2O3S.2Li/c1-10-13-8-7-11(9-14(13)19-15-10)16-20(17,18)12-5-3-2-4-6-12;;/h2-9H,1H2;;/q-2;2*+1. The molecule has 0 aromatic heterocycles. The summed E-state index contributed by atoms with van der Waals surface area (Å²) in [7, 11) is -3.73. The zero-order valence-corrected chi connectivity index (χ0v) is 13.2. The molecule has 0 N–H and O–H groups in total. The summed E-state index contributed by atoms with van der Waals surface area (Å²) in [5.74, 6) is 0.458. The van der Waals surface area contributed by atoms with E-state index in [9.17, 15) is 8.42 Å². The fourth-order valence-electron chi connectivity index (χ4n) is 1.82. The molecule has 5 nitrogen and oxygen atoms in total. The summed E-state index contributed by atoms with van der Waals surface area (Å²) in [6, 6.07) is 12.9. The van der Waals surface area contributed by atoms with Gasteiger partial charge in [-0.25, -0.2) is 8.42 Å². The molecule has 0 aliphatic carbocycles. The normalized spacial score (nSPS) is 12.1. The van der Waals surface area contributed by atoms with Gasteiger partial charge in [0.05, 0.1) is 4.90 Å². The molecule has 0 amide bonds. The zero-order valence-electron chi connectivity index (χ0n) is 12.4. The number of hydrogen-bond acceptors (Lipinski definition) is 3. The van der Waals surface area contributed by atoms with Gasteiger partial charge in [0.15, 0.2) is 0 Å². The van der Waals surface area contributed by atoms with E-state index in [2.05, 4.69) is 16.8 Å². The smallest absolute Gasteiger partial charge is 0.573 e. The molecule has 0 fully saturated rings. The molecule has 2 aromatic rings. The summed E-state index contributed by atoms with van der Waals surface area (Å²) in [6.07, 6.45) is 0. The van der Waals surface area contributed by atoms with Gasteiger partial charge in [0.2, 0.25) is 0 Å². The van der Waals surface area contributed by atoms with Gasteiger partial charge in [-0.3, -0.25) is 0 Å². The van der Waals surface area contributed by atoms with Gasteiger partial charge >= 0.3 is 37.7 Å². The summed E-state index contributed by atoms with van der Waals surface area (Å²) in [4.78, 5) is 5.19. The van der Waals surface area contributed by atoms with Crippen molar-refractivity contribution in [2.75, 3.05) is 0 Å². The van der Waals surface area contributed by atoms with Gasteiger partial charge in [-0.15, -0.1) is 18.0 Å². The van der Waals surface area contributed by atoms with E-state index in [1.807, 2.05) is 0 Å². The number of hydroxylamine groups is 1. The second kappa shape index (κ2) is 7.33. The monoisotopic (exact) mass is 300 g/mol. The van der Waals surface area contributed by atoms with Crippen LogP contribution in [0.15, 0.2) is 60.0 Å². The molecule has 0 saturated carbocycles. The van der Waals surface area contributed by atoms with Crippen LogP contribution in [0, 0.1) is 0 Å². The first kappa shape index (κ1) is 18.8. The van der Waals surface area contributed by atoms with E-state index < -0.39 is 10.0 Å². The van der Waals surface area contributed by atoms with Crippen molar-refractivity contribution in [1.82, 2.24) is 0 Å². The summed E-state index contributed by atoms with van der Waals surface area (Å²) in [5, 5.41) is 0. The van der Waals surface area contributed by atoms with Gasteiger partial charge in [-0.05, 0) is 18.2 Å². The van der Waals surface area contributed by atoms with Gasteiger partial charge < -0.3 is 15.0 Å². The molecular formula is C14H10Li2N2O3S. The van der Waals surface area contributed by atoms with Crippen LogP contribution in [0.25, 0.3) is 15.9 Å². The third-order valence-electron chi connectivity index (χ3n) is 2.80. The average molecular weight is 300 g/mol. The predicted molar refractivity (Wildman–Crippen MR) is 76.1 cm³/mol. The Balaban J connectivity index is 0.00000121. The molecule has 0 radical (unpaired) electrons. The van der Waals surface area contributed by atoms with Crippen molar-refractivity contribution in [2.24, 2.45) is 0 Å². The number of benzene rings is 2. The quantitative estimate of drug-likeness (QED) is 0.601. The Kier molecular flexibility index (Phi) is 6.25. The van der Waals surface area contributed by atoms with Crippen molar-refractivity contribution in [2.45, 2.75) is 4.90 Å². The van der Waals surface area contributed by atoms with E-state index in [0.717, 1.165) is 5.56 Å². The van der Waals surface area contributed by atoms with E-state index in [1.165, 1.54) is 18.2 Å². The maximum Gasteiger partial charge on any atom is 1.00 e. The third kappa shape index (κ3) is 3.73. The molecular weight excluding hydrogens is 290 g/mol.